The minimum absolute atomic E-state index is 0.576. The van der Waals surface area contributed by atoms with Gasteiger partial charge in [0.25, 0.3) is 0 Å². The summed E-state index contributed by atoms with van der Waals surface area (Å²) in [6, 6.07) is 5.78. The standard InChI is InChI=1S/C10H9N5OS/c1-7-11-13-9(16-7)6-17-10-14-12-8-4-2-3-5-15(8)10/h2-5H,6H2,1H3. The molecule has 0 fully saturated rings. The van der Waals surface area contributed by atoms with Crippen LogP contribution < -0.4 is 0 Å². The predicted molar refractivity (Wildman–Crippen MR) is 61.6 cm³/mol. The fourth-order valence-electron chi connectivity index (χ4n) is 1.44. The fraction of sp³-hybridized carbons (Fsp3) is 0.200. The van der Waals surface area contributed by atoms with Crippen molar-refractivity contribution < 1.29 is 4.42 Å². The Morgan fingerprint density at radius 2 is 2.18 bits per heavy atom. The van der Waals surface area contributed by atoms with Crippen molar-refractivity contribution in [1.82, 2.24) is 24.8 Å². The van der Waals surface area contributed by atoms with Crippen molar-refractivity contribution in [3.8, 4) is 0 Å². The molecule has 0 radical (unpaired) electrons. The summed E-state index contributed by atoms with van der Waals surface area (Å²) < 4.78 is 7.22. The van der Waals surface area contributed by atoms with Gasteiger partial charge < -0.3 is 4.42 Å². The Morgan fingerprint density at radius 3 is 3.00 bits per heavy atom. The highest BCUT2D eigenvalue weighted by molar-refractivity contribution is 7.98. The molecule has 0 saturated carbocycles. The third-order valence-electron chi connectivity index (χ3n) is 2.18. The summed E-state index contributed by atoms with van der Waals surface area (Å²) >= 11 is 1.52. The second kappa shape index (κ2) is 4.17. The van der Waals surface area contributed by atoms with Gasteiger partial charge in [-0.05, 0) is 12.1 Å². The van der Waals surface area contributed by atoms with E-state index in [0.717, 1.165) is 10.8 Å². The summed E-state index contributed by atoms with van der Waals surface area (Å²) in [7, 11) is 0. The van der Waals surface area contributed by atoms with E-state index in [4.69, 9.17) is 4.42 Å². The molecule has 0 aromatic carbocycles. The first-order valence-corrected chi connectivity index (χ1v) is 6.03. The van der Waals surface area contributed by atoms with E-state index >= 15 is 0 Å². The number of pyridine rings is 1. The van der Waals surface area contributed by atoms with Gasteiger partial charge in [0.05, 0.1) is 5.75 Å². The largest absolute Gasteiger partial charge is 0.425 e. The van der Waals surface area contributed by atoms with Crippen LogP contribution in [-0.4, -0.2) is 24.8 Å². The average Bonchev–Trinajstić information content (AvgIpc) is 2.93. The van der Waals surface area contributed by atoms with Gasteiger partial charge in [-0.2, -0.15) is 0 Å². The molecule has 0 atom stereocenters. The molecule has 0 unspecified atom stereocenters. The summed E-state index contributed by atoms with van der Waals surface area (Å²) in [4.78, 5) is 0. The van der Waals surface area contributed by atoms with Crippen LogP contribution in [0.4, 0.5) is 0 Å². The molecule has 17 heavy (non-hydrogen) atoms. The van der Waals surface area contributed by atoms with Gasteiger partial charge in [0.2, 0.25) is 11.8 Å². The fourth-order valence-corrected chi connectivity index (χ4v) is 2.20. The van der Waals surface area contributed by atoms with Gasteiger partial charge in [-0.15, -0.1) is 20.4 Å². The molecule has 3 aromatic rings. The lowest BCUT2D eigenvalue weighted by Gasteiger charge is -1.96. The Hall–Kier alpha value is -1.89. The van der Waals surface area contributed by atoms with E-state index in [1.165, 1.54) is 11.8 Å². The van der Waals surface area contributed by atoms with Crippen molar-refractivity contribution >= 4 is 17.4 Å². The van der Waals surface area contributed by atoms with Crippen molar-refractivity contribution in [2.24, 2.45) is 0 Å². The summed E-state index contributed by atoms with van der Waals surface area (Å²) in [6.07, 6.45) is 1.93. The number of rotatable bonds is 3. The minimum Gasteiger partial charge on any atom is -0.425 e. The maximum atomic E-state index is 5.29. The first-order chi connectivity index (χ1) is 8.33. The van der Waals surface area contributed by atoms with Crippen LogP contribution in [0.3, 0.4) is 0 Å². The van der Waals surface area contributed by atoms with E-state index in [1.807, 2.05) is 28.8 Å². The molecule has 0 N–H and O–H groups in total. The molecule has 0 bridgehead atoms. The molecule has 3 aromatic heterocycles. The van der Waals surface area contributed by atoms with Gasteiger partial charge in [-0.3, -0.25) is 4.40 Å². The lowest BCUT2D eigenvalue weighted by atomic mass is 10.5. The first kappa shape index (κ1) is 10.3. The number of hydrogen-bond donors (Lipinski definition) is 0. The Bertz CT molecular complexity index is 647. The first-order valence-electron chi connectivity index (χ1n) is 5.04. The van der Waals surface area contributed by atoms with Crippen LogP contribution >= 0.6 is 11.8 Å². The number of aryl methyl sites for hydroxylation is 1. The highest BCUT2D eigenvalue weighted by atomic mass is 32.2. The topological polar surface area (TPSA) is 69.1 Å². The molecular formula is C10H9N5OS. The van der Waals surface area contributed by atoms with Crippen molar-refractivity contribution in [3.05, 3.63) is 36.2 Å². The second-order valence-electron chi connectivity index (χ2n) is 3.41. The zero-order chi connectivity index (χ0) is 11.7. The van der Waals surface area contributed by atoms with Crippen molar-refractivity contribution in [1.29, 1.82) is 0 Å². The molecular weight excluding hydrogens is 238 g/mol. The van der Waals surface area contributed by atoms with E-state index < -0.39 is 0 Å². The summed E-state index contributed by atoms with van der Waals surface area (Å²) in [6.45, 7) is 1.77. The minimum atomic E-state index is 0.576. The Kier molecular flexibility index (Phi) is 2.52. The van der Waals surface area contributed by atoms with Crippen LogP contribution in [0.2, 0.25) is 0 Å². The second-order valence-corrected chi connectivity index (χ2v) is 4.36. The normalized spacial score (nSPS) is 11.1. The molecule has 6 nitrogen and oxygen atoms in total. The van der Waals surface area contributed by atoms with Crippen molar-refractivity contribution in [2.75, 3.05) is 0 Å². The monoisotopic (exact) mass is 247 g/mol. The van der Waals surface area contributed by atoms with E-state index in [1.54, 1.807) is 6.92 Å². The van der Waals surface area contributed by atoms with Crippen molar-refractivity contribution in [3.63, 3.8) is 0 Å². The van der Waals surface area contributed by atoms with Crippen LogP contribution in [-0.2, 0) is 5.75 Å². The Morgan fingerprint density at radius 1 is 1.24 bits per heavy atom. The average molecular weight is 247 g/mol. The molecule has 0 saturated heterocycles. The zero-order valence-corrected chi connectivity index (χ0v) is 9.89. The number of aromatic nitrogens is 5. The molecule has 0 aliphatic heterocycles. The molecule has 0 aliphatic rings. The molecule has 3 heterocycles. The summed E-state index contributed by atoms with van der Waals surface area (Å²) in [5.41, 5.74) is 0.830. The van der Waals surface area contributed by atoms with E-state index in [-0.39, 0.29) is 0 Å². The highest BCUT2D eigenvalue weighted by Gasteiger charge is 2.08. The van der Waals surface area contributed by atoms with Gasteiger partial charge in [0.1, 0.15) is 0 Å². The molecule has 3 rings (SSSR count). The maximum Gasteiger partial charge on any atom is 0.226 e. The number of hydrogen-bond acceptors (Lipinski definition) is 6. The lowest BCUT2D eigenvalue weighted by Crippen LogP contribution is -1.87. The molecule has 86 valence electrons. The van der Waals surface area contributed by atoms with Gasteiger partial charge >= 0.3 is 0 Å². The zero-order valence-electron chi connectivity index (χ0n) is 9.07. The lowest BCUT2D eigenvalue weighted by molar-refractivity contribution is 0.485. The van der Waals surface area contributed by atoms with Crippen LogP contribution in [0.1, 0.15) is 11.8 Å². The van der Waals surface area contributed by atoms with Crippen LogP contribution in [0.5, 0.6) is 0 Å². The molecule has 0 amide bonds. The van der Waals surface area contributed by atoms with E-state index in [2.05, 4.69) is 20.4 Å². The van der Waals surface area contributed by atoms with Gasteiger partial charge in [-0.25, -0.2) is 0 Å². The smallest absolute Gasteiger partial charge is 0.226 e. The van der Waals surface area contributed by atoms with E-state index in [9.17, 15) is 0 Å². The van der Waals surface area contributed by atoms with Gasteiger partial charge in [-0.1, -0.05) is 17.8 Å². The van der Waals surface area contributed by atoms with Crippen LogP contribution in [0.15, 0.2) is 34.0 Å². The molecule has 0 aliphatic carbocycles. The number of fused-ring (bicyclic) bond motifs is 1. The highest BCUT2D eigenvalue weighted by Crippen LogP contribution is 2.20. The summed E-state index contributed by atoms with van der Waals surface area (Å²) in [5, 5.41) is 16.7. The SMILES string of the molecule is Cc1nnc(CSc2nnc3ccccn23)o1. The Balaban J connectivity index is 1.81. The van der Waals surface area contributed by atoms with Crippen molar-refractivity contribution in [2.45, 2.75) is 17.8 Å². The van der Waals surface area contributed by atoms with Crippen LogP contribution in [0, 0.1) is 6.92 Å². The predicted octanol–water partition coefficient (Wildman–Crippen LogP) is 1.71. The third kappa shape index (κ3) is 2.01. The van der Waals surface area contributed by atoms with Gasteiger partial charge in [0, 0.05) is 13.1 Å². The number of thioether (sulfide) groups is 1. The number of nitrogens with zero attached hydrogens (tertiary/aromatic N) is 5. The van der Waals surface area contributed by atoms with Crippen LogP contribution in [0.25, 0.3) is 5.65 Å². The summed E-state index contributed by atoms with van der Waals surface area (Å²) in [5.74, 6) is 1.77. The van der Waals surface area contributed by atoms with Gasteiger partial charge in [0.15, 0.2) is 10.8 Å². The maximum absolute atomic E-state index is 5.29. The molecule has 7 heteroatoms. The quantitative estimate of drug-likeness (QED) is 0.656. The third-order valence-corrected chi connectivity index (χ3v) is 3.10. The Labute approximate surface area is 101 Å². The van der Waals surface area contributed by atoms with E-state index in [0.29, 0.717) is 17.5 Å². The molecule has 0 spiro atoms.